The summed E-state index contributed by atoms with van der Waals surface area (Å²) < 4.78 is 0. The second-order valence-electron chi connectivity index (χ2n) is 3.95. The average Bonchev–Trinajstić information content (AvgIpc) is 2.31. The number of benzene rings is 1. The van der Waals surface area contributed by atoms with Gasteiger partial charge in [-0.15, -0.1) is 0 Å². The summed E-state index contributed by atoms with van der Waals surface area (Å²) in [4.78, 5) is 17.9. The van der Waals surface area contributed by atoms with Crippen LogP contribution in [0.2, 0.25) is 0 Å². The molecule has 2 heterocycles. The molecule has 0 fully saturated rings. The summed E-state index contributed by atoms with van der Waals surface area (Å²) in [7, 11) is 0. The van der Waals surface area contributed by atoms with Crippen LogP contribution < -0.4 is 11.1 Å². The van der Waals surface area contributed by atoms with Gasteiger partial charge >= 0.3 is 6.03 Å². The molecule has 5 nitrogen and oxygen atoms in total. The standard InChI is InChI=1S/C11H12N4O/c12-7-2-3-9-8(6-7)10-13-4-1-5-15(10)11(16)14-9/h2-3,6H,1,4-5,12H2,(H,14,16). The van der Waals surface area contributed by atoms with Crippen molar-refractivity contribution >= 4 is 23.2 Å². The first-order chi connectivity index (χ1) is 7.75. The van der Waals surface area contributed by atoms with E-state index in [1.54, 1.807) is 11.0 Å². The molecule has 0 unspecified atom stereocenters. The summed E-state index contributed by atoms with van der Waals surface area (Å²) in [6, 6.07) is 5.34. The molecular formula is C11H12N4O. The van der Waals surface area contributed by atoms with Crippen LogP contribution in [0.1, 0.15) is 12.0 Å². The molecule has 0 radical (unpaired) electrons. The second-order valence-corrected chi connectivity index (χ2v) is 3.95. The molecule has 3 rings (SSSR count). The summed E-state index contributed by atoms with van der Waals surface area (Å²) in [5.74, 6) is 0.748. The van der Waals surface area contributed by atoms with E-state index >= 15 is 0 Å². The highest BCUT2D eigenvalue weighted by atomic mass is 16.2. The number of rotatable bonds is 0. The number of urea groups is 1. The lowest BCUT2D eigenvalue weighted by Crippen LogP contribution is -2.47. The van der Waals surface area contributed by atoms with E-state index < -0.39 is 0 Å². The summed E-state index contributed by atoms with van der Waals surface area (Å²) in [6.45, 7) is 1.49. The van der Waals surface area contributed by atoms with Gasteiger partial charge < -0.3 is 11.1 Å². The highest BCUT2D eigenvalue weighted by Crippen LogP contribution is 2.27. The predicted octanol–water partition coefficient (Wildman–Crippen LogP) is 1.27. The minimum absolute atomic E-state index is 0.101. The molecule has 0 spiro atoms. The number of amides is 2. The van der Waals surface area contributed by atoms with Crippen LogP contribution >= 0.6 is 0 Å². The van der Waals surface area contributed by atoms with Gasteiger partial charge in [-0.3, -0.25) is 9.89 Å². The molecule has 0 bridgehead atoms. The number of carbonyl (C=O) groups is 1. The molecule has 1 aromatic carbocycles. The van der Waals surface area contributed by atoms with Gasteiger partial charge in [0.05, 0.1) is 5.69 Å². The van der Waals surface area contributed by atoms with Gasteiger partial charge in [-0.1, -0.05) is 0 Å². The van der Waals surface area contributed by atoms with Crippen molar-refractivity contribution in [3.05, 3.63) is 23.8 Å². The summed E-state index contributed by atoms with van der Waals surface area (Å²) in [5.41, 5.74) is 8.14. The number of nitrogen functional groups attached to an aromatic ring is 1. The van der Waals surface area contributed by atoms with E-state index in [9.17, 15) is 4.79 Å². The number of fused-ring (bicyclic) bond motifs is 3. The molecule has 5 heteroatoms. The van der Waals surface area contributed by atoms with Gasteiger partial charge in [0.1, 0.15) is 5.84 Å². The number of aliphatic imine (C=N–C) groups is 1. The van der Waals surface area contributed by atoms with Gasteiger partial charge in [-0.2, -0.15) is 0 Å². The Bertz CT molecular complexity index is 495. The van der Waals surface area contributed by atoms with Crippen LogP contribution in [0, 0.1) is 0 Å². The normalized spacial score (nSPS) is 18.4. The van der Waals surface area contributed by atoms with Crippen molar-refractivity contribution in [1.29, 1.82) is 0 Å². The van der Waals surface area contributed by atoms with Gasteiger partial charge in [0, 0.05) is 24.3 Å². The average molecular weight is 216 g/mol. The molecule has 2 aliphatic heterocycles. The van der Waals surface area contributed by atoms with Crippen LogP contribution in [-0.4, -0.2) is 29.9 Å². The van der Waals surface area contributed by atoms with Crippen molar-refractivity contribution in [3.63, 3.8) is 0 Å². The first kappa shape index (κ1) is 9.21. The van der Waals surface area contributed by atoms with Gasteiger partial charge in [0.15, 0.2) is 0 Å². The lowest BCUT2D eigenvalue weighted by atomic mass is 10.1. The molecule has 0 atom stereocenters. The summed E-state index contributed by atoms with van der Waals surface area (Å²) in [6.07, 6.45) is 0.911. The second kappa shape index (κ2) is 3.23. The van der Waals surface area contributed by atoms with Gasteiger partial charge in [0.2, 0.25) is 0 Å². The Morgan fingerprint density at radius 3 is 3.19 bits per heavy atom. The third-order valence-corrected chi connectivity index (χ3v) is 2.83. The zero-order valence-electron chi connectivity index (χ0n) is 8.73. The third-order valence-electron chi connectivity index (χ3n) is 2.83. The van der Waals surface area contributed by atoms with Crippen LogP contribution in [0.25, 0.3) is 0 Å². The van der Waals surface area contributed by atoms with E-state index in [1.807, 2.05) is 12.1 Å². The first-order valence-electron chi connectivity index (χ1n) is 5.28. The van der Waals surface area contributed by atoms with Gasteiger partial charge in [-0.05, 0) is 24.6 Å². The molecule has 82 valence electrons. The van der Waals surface area contributed by atoms with E-state index in [1.165, 1.54) is 0 Å². The van der Waals surface area contributed by atoms with Crippen LogP contribution in [0.5, 0.6) is 0 Å². The Hall–Kier alpha value is -2.04. The number of nitrogens with zero attached hydrogens (tertiary/aromatic N) is 2. The highest BCUT2D eigenvalue weighted by Gasteiger charge is 2.30. The SMILES string of the molecule is Nc1ccc2c(c1)C1=NCCCN1C(=O)N2. The van der Waals surface area contributed by atoms with E-state index in [2.05, 4.69) is 10.3 Å². The molecule has 16 heavy (non-hydrogen) atoms. The predicted molar refractivity (Wildman–Crippen MR) is 62.6 cm³/mol. The molecular weight excluding hydrogens is 204 g/mol. The zero-order chi connectivity index (χ0) is 11.1. The monoisotopic (exact) mass is 216 g/mol. The molecule has 0 aliphatic carbocycles. The van der Waals surface area contributed by atoms with Crippen molar-refractivity contribution in [2.75, 3.05) is 24.1 Å². The van der Waals surface area contributed by atoms with Gasteiger partial charge in [0.25, 0.3) is 0 Å². The van der Waals surface area contributed by atoms with E-state index in [4.69, 9.17) is 5.73 Å². The quantitative estimate of drug-likeness (QED) is 0.641. The van der Waals surface area contributed by atoms with Crippen molar-refractivity contribution in [2.24, 2.45) is 4.99 Å². The number of nitrogens with two attached hydrogens (primary N) is 1. The van der Waals surface area contributed by atoms with Crippen LogP contribution in [-0.2, 0) is 0 Å². The maximum absolute atomic E-state index is 11.8. The Morgan fingerprint density at radius 1 is 1.44 bits per heavy atom. The van der Waals surface area contributed by atoms with Crippen molar-refractivity contribution in [2.45, 2.75) is 6.42 Å². The third kappa shape index (κ3) is 1.25. The topological polar surface area (TPSA) is 70.7 Å². The van der Waals surface area contributed by atoms with Crippen LogP contribution in [0.15, 0.2) is 23.2 Å². The fourth-order valence-electron chi connectivity index (χ4n) is 2.07. The molecule has 3 N–H and O–H groups in total. The minimum atomic E-state index is -0.101. The fraction of sp³-hybridized carbons (Fsp3) is 0.273. The van der Waals surface area contributed by atoms with Crippen molar-refractivity contribution in [3.8, 4) is 0 Å². The number of carbonyl (C=O) groups excluding carboxylic acids is 1. The van der Waals surface area contributed by atoms with E-state index in [0.717, 1.165) is 36.6 Å². The number of amidine groups is 1. The van der Waals surface area contributed by atoms with Crippen molar-refractivity contribution < 1.29 is 4.79 Å². The largest absolute Gasteiger partial charge is 0.399 e. The van der Waals surface area contributed by atoms with Gasteiger partial charge in [-0.25, -0.2) is 4.79 Å². The maximum Gasteiger partial charge on any atom is 0.327 e. The molecule has 0 aromatic heterocycles. The van der Waals surface area contributed by atoms with Crippen LogP contribution in [0.3, 0.4) is 0 Å². The molecule has 0 saturated heterocycles. The molecule has 2 aliphatic rings. The smallest absolute Gasteiger partial charge is 0.327 e. The first-order valence-corrected chi connectivity index (χ1v) is 5.28. The summed E-state index contributed by atoms with van der Waals surface area (Å²) >= 11 is 0. The highest BCUT2D eigenvalue weighted by molar-refractivity contribution is 6.18. The Morgan fingerprint density at radius 2 is 2.31 bits per heavy atom. The van der Waals surface area contributed by atoms with E-state index in [0.29, 0.717) is 5.69 Å². The number of nitrogens with one attached hydrogen (secondary N) is 1. The number of hydrogen-bond donors (Lipinski definition) is 2. The Kier molecular flexibility index (Phi) is 1.86. The molecule has 1 aromatic rings. The minimum Gasteiger partial charge on any atom is -0.399 e. The van der Waals surface area contributed by atoms with E-state index in [-0.39, 0.29) is 6.03 Å². The zero-order valence-corrected chi connectivity index (χ0v) is 8.73. The Balaban J connectivity index is 2.18. The van der Waals surface area contributed by atoms with Crippen LogP contribution in [0.4, 0.5) is 16.2 Å². The molecule has 0 saturated carbocycles. The number of anilines is 2. The maximum atomic E-state index is 11.8. The lowest BCUT2D eigenvalue weighted by molar-refractivity contribution is 0.231. The fourth-order valence-corrected chi connectivity index (χ4v) is 2.07. The lowest BCUT2D eigenvalue weighted by Gasteiger charge is -2.33. The summed E-state index contributed by atoms with van der Waals surface area (Å²) in [5, 5.41) is 2.84. The van der Waals surface area contributed by atoms with Crippen molar-refractivity contribution in [1.82, 2.24) is 4.90 Å². The Labute approximate surface area is 93.0 Å². The number of hydrogen-bond acceptors (Lipinski definition) is 3. The molecule has 2 amide bonds.